The molecule has 0 fully saturated rings. The zero-order chi connectivity index (χ0) is 21.1. The molecular formula is C23H25N5OS. The van der Waals surface area contributed by atoms with Gasteiger partial charge in [-0.3, -0.25) is 4.79 Å². The lowest BCUT2D eigenvalue weighted by Crippen LogP contribution is -2.34. The quantitative estimate of drug-likeness (QED) is 0.438. The van der Waals surface area contributed by atoms with Gasteiger partial charge < -0.3 is 9.88 Å². The van der Waals surface area contributed by atoms with Gasteiger partial charge in [0.1, 0.15) is 5.52 Å². The molecule has 0 saturated carbocycles. The first-order valence-electron chi connectivity index (χ1n) is 10.3. The number of para-hydroxylation sites is 1. The lowest BCUT2D eigenvalue weighted by atomic mass is 10.1. The zero-order valence-electron chi connectivity index (χ0n) is 17.4. The number of hydrogen-bond acceptors (Lipinski definition) is 5. The molecule has 2 aromatic carbocycles. The Kier molecular flexibility index (Phi) is 5.99. The Morgan fingerprint density at radius 3 is 2.53 bits per heavy atom. The lowest BCUT2D eigenvalue weighted by Gasteiger charge is -2.18. The number of aryl methyl sites for hydroxylation is 1. The fraction of sp³-hybridized carbons (Fsp3) is 0.304. The van der Waals surface area contributed by atoms with Crippen molar-refractivity contribution >= 4 is 39.7 Å². The van der Waals surface area contributed by atoms with E-state index in [0.717, 1.165) is 34.2 Å². The summed E-state index contributed by atoms with van der Waals surface area (Å²) in [5, 5.41) is 13.2. The number of benzene rings is 2. The highest BCUT2D eigenvalue weighted by Gasteiger charge is 2.22. The molecule has 2 unspecified atom stereocenters. The van der Waals surface area contributed by atoms with Crippen molar-refractivity contribution in [1.29, 1.82) is 0 Å². The smallest absolute Gasteiger partial charge is 0.234 e. The Balaban J connectivity index is 1.57. The van der Waals surface area contributed by atoms with E-state index in [0.29, 0.717) is 11.6 Å². The van der Waals surface area contributed by atoms with Crippen molar-refractivity contribution in [3.63, 3.8) is 0 Å². The van der Waals surface area contributed by atoms with Crippen molar-refractivity contribution in [2.24, 2.45) is 0 Å². The normalized spacial score (nSPS) is 13.4. The van der Waals surface area contributed by atoms with Crippen molar-refractivity contribution in [1.82, 2.24) is 25.1 Å². The highest BCUT2D eigenvalue weighted by molar-refractivity contribution is 8.00. The number of thioether (sulfide) groups is 1. The van der Waals surface area contributed by atoms with Gasteiger partial charge in [0.25, 0.3) is 0 Å². The Hall–Kier alpha value is -2.93. The van der Waals surface area contributed by atoms with Gasteiger partial charge >= 0.3 is 0 Å². The van der Waals surface area contributed by atoms with Gasteiger partial charge in [0.15, 0.2) is 5.65 Å². The molecule has 0 bridgehead atoms. The van der Waals surface area contributed by atoms with Gasteiger partial charge in [0, 0.05) is 11.9 Å². The molecule has 1 amide bonds. The summed E-state index contributed by atoms with van der Waals surface area (Å²) in [5.74, 6) is -0.0152. The summed E-state index contributed by atoms with van der Waals surface area (Å²) in [7, 11) is 0. The summed E-state index contributed by atoms with van der Waals surface area (Å²) < 4.78 is 2.14. The fourth-order valence-electron chi connectivity index (χ4n) is 3.64. The minimum atomic E-state index is -0.283. The van der Waals surface area contributed by atoms with Crippen LogP contribution in [0.5, 0.6) is 0 Å². The number of rotatable bonds is 7. The van der Waals surface area contributed by atoms with Crippen molar-refractivity contribution in [3.05, 3.63) is 60.2 Å². The van der Waals surface area contributed by atoms with Gasteiger partial charge in [-0.2, -0.15) is 0 Å². The van der Waals surface area contributed by atoms with E-state index in [9.17, 15) is 4.79 Å². The molecule has 0 saturated heterocycles. The van der Waals surface area contributed by atoms with Gasteiger partial charge in [-0.15, -0.1) is 10.2 Å². The van der Waals surface area contributed by atoms with Crippen molar-refractivity contribution in [2.75, 3.05) is 0 Å². The SMILES string of the molecule is CCC(Sc1nnc2c3ccccc3n(CC)c2n1)C(=O)NC(C)c1ccccc1. The predicted octanol–water partition coefficient (Wildman–Crippen LogP) is 4.75. The highest BCUT2D eigenvalue weighted by Crippen LogP contribution is 2.29. The van der Waals surface area contributed by atoms with Crippen LogP contribution in [0.15, 0.2) is 59.8 Å². The maximum atomic E-state index is 12.9. The Morgan fingerprint density at radius 1 is 1.07 bits per heavy atom. The van der Waals surface area contributed by atoms with E-state index >= 15 is 0 Å². The first-order valence-corrected chi connectivity index (χ1v) is 11.1. The molecule has 2 aromatic heterocycles. The van der Waals surface area contributed by atoms with Crippen molar-refractivity contribution < 1.29 is 4.79 Å². The van der Waals surface area contributed by atoms with Crippen molar-refractivity contribution in [3.8, 4) is 0 Å². The van der Waals surface area contributed by atoms with Crippen LogP contribution in [0.1, 0.15) is 38.8 Å². The summed E-state index contributed by atoms with van der Waals surface area (Å²) in [6.07, 6.45) is 0.677. The molecule has 0 radical (unpaired) electrons. The van der Waals surface area contributed by atoms with Gasteiger partial charge in [-0.05, 0) is 31.9 Å². The van der Waals surface area contributed by atoms with Crippen LogP contribution in [-0.4, -0.2) is 30.9 Å². The van der Waals surface area contributed by atoms with E-state index in [1.54, 1.807) is 0 Å². The largest absolute Gasteiger partial charge is 0.349 e. The minimum absolute atomic E-state index is 0.0152. The van der Waals surface area contributed by atoms with Crippen LogP contribution in [0.25, 0.3) is 22.1 Å². The minimum Gasteiger partial charge on any atom is -0.349 e. The number of amides is 1. The molecule has 4 aromatic rings. The monoisotopic (exact) mass is 419 g/mol. The van der Waals surface area contributed by atoms with Crippen LogP contribution in [0, 0.1) is 0 Å². The average molecular weight is 420 g/mol. The van der Waals surface area contributed by atoms with Gasteiger partial charge in [0.05, 0.1) is 16.8 Å². The second-order valence-corrected chi connectivity index (χ2v) is 8.35. The lowest BCUT2D eigenvalue weighted by molar-refractivity contribution is -0.121. The maximum absolute atomic E-state index is 12.9. The van der Waals surface area contributed by atoms with Crippen LogP contribution in [0.2, 0.25) is 0 Å². The topological polar surface area (TPSA) is 72.7 Å². The summed E-state index contributed by atoms with van der Waals surface area (Å²) in [6.45, 7) is 6.88. The number of nitrogens with zero attached hydrogens (tertiary/aromatic N) is 4. The van der Waals surface area contributed by atoms with Crippen LogP contribution < -0.4 is 5.32 Å². The third-order valence-corrected chi connectivity index (χ3v) is 6.46. The van der Waals surface area contributed by atoms with Gasteiger partial charge in [-0.25, -0.2) is 4.98 Å². The first-order chi connectivity index (χ1) is 14.6. The molecular weight excluding hydrogens is 394 g/mol. The van der Waals surface area contributed by atoms with E-state index in [1.165, 1.54) is 11.8 Å². The molecule has 2 heterocycles. The van der Waals surface area contributed by atoms with E-state index in [-0.39, 0.29) is 17.2 Å². The van der Waals surface area contributed by atoms with E-state index in [2.05, 4.69) is 33.1 Å². The van der Waals surface area contributed by atoms with Crippen LogP contribution in [0.3, 0.4) is 0 Å². The number of hydrogen-bond donors (Lipinski definition) is 1. The standard InChI is InChI=1S/C23H25N5OS/c1-4-19(22(29)24-15(3)16-11-7-6-8-12-16)30-23-25-21-20(26-27-23)17-13-9-10-14-18(17)28(21)5-2/h6-15,19H,4-5H2,1-3H3,(H,24,29). The zero-order valence-corrected chi connectivity index (χ0v) is 18.2. The molecule has 4 rings (SSSR count). The number of carbonyl (C=O) groups excluding carboxylic acids is 1. The third kappa shape index (κ3) is 3.89. The fourth-order valence-corrected chi connectivity index (χ4v) is 4.46. The molecule has 0 aliphatic heterocycles. The average Bonchev–Trinajstić information content (AvgIpc) is 3.10. The maximum Gasteiger partial charge on any atom is 0.234 e. The highest BCUT2D eigenvalue weighted by atomic mass is 32.2. The van der Waals surface area contributed by atoms with Crippen LogP contribution in [-0.2, 0) is 11.3 Å². The molecule has 6 nitrogen and oxygen atoms in total. The van der Waals surface area contributed by atoms with E-state index in [1.807, 2.05) is 62.4 Å². The van der Waals surface area contributed by atoms with Gasteiger partial charge in [0.2, 0.25) is 11.1 Å². The first kappa shape index (κ1) is 20.3. The van der Waals surface area contributed by atoms with E-state index in [4.69, 9.17) is 4.98 Å². The van der Waals surface area contributed by atoms with Gasteiger partial charge in [-0.1, -0.05) is 67.2 Å². The molecule has 0 aliphatic carbocycles. The summed E-state index contributed by atoms with van der Waals surface area (Å²) in [5.41, 5.74) is 3.79. The third-order valence-electron chi connectivity index (χ3n) is 5.24. The summed E-state index contributed by atoms with van der Waals surface area (Å²) in [4.78, 5) is 17.6. The van der Waals surface area contributed by atoms with E-state index < -0.39 is 0 Å². The van der Waals surface area contributed by atoms with Crippen LogP contribution in [0.4, 0.5) is 0 Å². The molecule has 2 atom stereocenters. The molecule has 0 aliphatic rings. The molecule has 0 spiro atoms. The Morgan fingerprint density at radius 2 is 1.80 bits per heavy atom. The predicted molar refractivity (Wildman–Crippen MR) is 121 cm³/mol. The second kappa shape index (κ2) is 8.83. The molecule has 7 heteroatoms. The molecule has 154 valence electrons. The molecule has 1 N–H and O–H groups in total. The number of aromatic nitrogens is 4. The number of fused-ring (bicyclic) bond motifs is 3. The summed E-state index contributed by atoms with van der Waals surface area (Å²) >= 11 is 1.37. The Labute approximate surface area is 180 Å². The second-order valence-electron chi connectivity index (χ2n) is 7.18. The summed E-state index contributed by atoms with van der Waals surface area (Å²) in [6, 6.07) is 18.0. The number of nitrogens with one attached hydrogen (secondary N) is 1. The van der Waals surface area contributed by atoms with Crippen molar-refractivity contribution in [2.45, 2.75) is 50.2 Å². The Bertz CT molecular complexity index is 1170. The van der Waals surface area contributed by atoms with Crippen LogP contribution >= 0.6 is 11.8 Å². The number of carbonyl (C=O) groups is 1. The molecule has 30 heavy (non-hydrogen) atoms.